The normalized spacial score (nSPS) is 11.0. The Bertz CT molecular complexity index is 1250. The lowest BCUT2D eigenvalue weighted by Crippen LogP contribution is -2.13. The van der Waals surface area contributed by atoms with Crippen molar-refractivity contribution in [3.63, 3.8) is 0 Å². The fourth-order valence-corrected chi connectivity index (χ4v) is 4.12. The number of nitriles is 1. The zero-order valence-corrected chi connectivity index (χ0v) is 21.6. The van der Waals surface area contributed by atoms with Crippen LogP contribution in [-0.4, -0.2) is 12.5 Å². The molecule has 0 fully saturated rings. The Hall–Kier alpha value is -2.98. The standard InChI is InChI=1S/C26H21BrCl2N2O3/c1-3-33-24-13-17(11-18(14-30)26(32)31-19-9-7-16(2)8-10-19)12-21(27)25(24)34-15-20-22(28)5-4-6-23(20)29/h4-13H,3,15H2,1-2H3,(H,31,32)/b18-11-. The Morgan fingerprint density at radius 1 is 1.12 bits per heavy atom. The van der Waals surface area contributed by atoms with Crippen LogP contribution in [0.2, 0.25) is 10.0 Å². The van der Waals surface area contributed by atoms with Gasteiger partial charge in [-0.15, -0.1) is 0 Å². The fourth-order valence-electron chi connectivity index (χ4n) is 3.04. The molecule has 0 saturated heterocycles. The van der Waals surface area contributed by atoms with Gasteiger partial charge in [0.05, 0.1) is 11.1 Å². The van der Waals surface area contributed by atoms with Gasteiger partial charge in [-0.05, 0) is 77.8 Å². The molecule has 0 spiro atoms. The Morgan fingerprint density at radius 2 is 1.79 bits per heavy atom. The maximum atomic E-state index is 12.6. The van der Waals surface area contributed by atoms with Crippen LogP contribution >= 0.6 is 39.1 Å². The number of ether oxygens (including phenoxy) is 2. The molecule has 34 heavy (non-hydrogen) atoms. The van der Waals surface area contributed by atoms with Crippen LogP contribution < -0.4 is 14.8 Å². The molecule has 0 heterocycles. The third-order valence-corrected chi connectivity index (χ3v) is 6.04. The SMILES string of the molecule is CCOc1cc(/C=C(/C#N)C(=O)Nc2ccc(C)cc2)cc(Br)c1OCc1c(Cl)cccc1Cl. The summed E-state index contributed by atoms with van der Waals surface area (Å²) in [6.07, 6.45) is 1.49. The Balaban J connectivity index is 1.86. The maximum Gasteiger partial charge on any atom is 0.266 e. The van der Waals surface area contributed by atoms with E-state index in [1.54, 1.807) is 42.5 Å². The molecular weight excluding hydrogens is 539 g/mol. The first-order valence-electron chi connectivity index (χ1n) is 10.3. The van der Waals surface area contributed by atoms with Crippen molar-refractivity contribution in [1.29, 1.82) is 5.26 Å². The number of amides is 1. The second-order valence-electron chi connectivity index (χ2n) is 7.24. The van der Waals surface area contributed by atoms with Gasteiger partial charge in [0.25, 0.3) is 5.91 Å². The molecule has 0 saturated carbocycles. The van der Waals surface area contributed by atoms with Crippen molar-refractivity contribution in [2.45, 2.75) is 20.5 Å². The van der Waals surface area contributed by atoms with Crippen molar-refractivity contribution in [3.05, 3.63) is 91.4 Å². The number of carbonyl (C=O) groups excluding carboxylic acids is 1. The van der Waals surface area contributed by atoms with E-state index in [1.165, 1.54) is 6.08 Å². The zero-order valence-electron chi connectivity index (χ0n) is 18.5. The predicted octanol–water partition coefficient (Wildman–Crippen LogP) is 7.59. The Morgan fingerprint density at radius 3 is 2.41 bits per heavy atom. The summed E-state index contributed by atoms with van der Waals surface area (Å²) >= 11 is 16.0. The van der Waals surface area contributed by atoms with Gasteiger partial charge < -0.3 is 14.8 Å². The van der Waals surface area contributed by atoms with Crippen molar-refractivity contribution in [1.82, 2.24) is 0 Å². The third kappa shape index (κ3) is 6.54. The average molecular weight is 560 g/mol. The molecule has 0 bridgehead atoms. The number of halogens is 3. The van der Waals surface area contributed by atoms with Crippen molar-refractivity contribution in [3.8, 4) is 17.6 Å². The zero-order chi connectivity index (χ0) is 24.7. The number of benzene rings is 3. The second-order valence-corrected chi connectivity index (χ2v) is 8.91. The lowest BCUT2D eigenvalue weighted by Gasteiger charge is -2.16. The van der Waals surface area contributed by atoms with Gasteiger partial charge in [0.2, 0.25) is 0 Å². The molecule has 3 aromatic rings. The molecule has 1 N–H and O–H groups in total. The van der Waals surface area contributed by atoms with E-state index in [-0.39, 0.29) is 12.2 Å². The van der Waals surface area contributed by atoms with Gasteiger partial charge in [-0.2, -0.15) is 5.26 Å². The van der Waals surface area contributed by atoms with Crippen LogP contribution in [0.15, 0.2) is 64.6 Å². The van der Waals surface area contributed by atoms with E-state index >= 15 is 0 Å². The molecule has 0 aliphatic heterocycles. The van der Waals surface area contributed by atoms with Crippen LogP contribution in [0.25, 0.3) is 6.08 Å². The lowest BCUT2D eigenvalue weighted by molar-refractivity contribution is -0.112. The highest BCUT2D eigenvalue weighted by atomic mass is 79.9. The lowest BCUT2D eigenvalue weighted by atomic mass is 10.1. The van der Waals surface area contributed by atoms with Crippen LogP contribution in [0, 0.1) is 18.3 Å². The van der Waals surface area contributed by atoms with Gasteiger partial charge in [-0.3, -0.25) is 4.79 Å². The molecule has 1 amide bonds. The van der Waals surface area contributed by atoms with Gasteiger partial charge >= 0.3 is 0 Å². The number of anilines is 1. The fraction of sp³-hybridized carbons (Fsp3) is 0.154. The van der Waals surface area contributed by atoms with Crippen molar-refractivity contribution >= 4 is 56.8 Å². The maximum absolute atomic E-state index is 12.6. The minimum atomic E-state index is -0.505. The molecule has 0 aliphatic carbocycles. The summed E-state index contributed by atoms with van der Waals surface area (Å²) in [6.45, 7) is 4.33. The van der Waals surface area contributed by atoms with Crippen LogP contribution in [0.5, 0.6) is 11.5 Å². The minimum absolute atomic E-state index is 0.0496. The summed E-state index contributed by atoms with van der Waals surface area (Å²) in [5.41, 5.74) is 2.88. The largest absolute Gasteiger partial charge is 0.490 e. The van der Waals surface area contributed by atoms with Gasteiger partial charge in [0.1, 0.15) is 18.2 Å². The summed E-state index contributed by atoms with van der Waals surface area (Å²) in [5, 5.41) is 13.3. The molecular formula is C26H21BrCl2N2O3. The highest BCUT2D eigenvalue weighted by molar-refractivity contribution is 9.10. The number of rotatable bonds is 8. The van der Waals surface area contributed by atoms with Gasteiger partial charge in [-0.25, -0.2) is 0 Å². The Kier molecular flexibility index (Phi) is 9.00. The number of aryl methyl sites for hydroxylation is 1. The van der Waals surface area contributed by atoms with E-state index < -0.39 is 5.91 Å². The van der Waals surface area contributed by atoms with Crippen LogP contribution in [0.3, 0.4) is 0 Å². The number of nitrogens with zero attached hydrogens (tertiary/aromatic N) is 1. The molecule has 0 atom stereocenters. The highest BCUT2D eigenvalue weighted by Gasteiger charge is 2.16. The van der Waals surface area contributed by atoms with E-state index in [0.717, 1.165) is 5.56 Å². The molecule has 0 unspecified atom stereocenters. The van der Waals surface area contributed by atoms with Gasteiger partial charge in [-0.1, -0.05) is 47.0 Å². The average Bonchev–Trinajstić information content (AvgIpc) is 2.80. The minimum Gasteiger partial charge on any atom is -0.490 e. The number of carbonyl (C=O) groups is 1. The van der Waals surface area contributed by atoms with E-state index in [1.807, 2.05) is 32.0 Å². The number of nitrogens with one attached hydrogen (secondary N) is 1. The van der Waals surface area contributed by atoms with Crippen LogP contribution in [-0.2, 0) is 11.4 Å². The summed E-state index contributed by atoms with van der Waals surface area (Å²) in [5.74, 6) is 0.397. The monoisotopic (exact) mass is 558 g/mol. The van der Waals surface area contributed by atoms with Crippen molar-refractivity contribution < 1.29 is 14.3 Å². The number of hydrogen-bond acceptors (Lipinski definition) is 4. The highest BCUT2D eigenvalue weighted by Crippen LogP contribution is 2.39. The van der Waals surface area contributed by atoms with Gasteiger partial charge in [0.15, 0.2) is 11.5 Å². The summed E-state index contributed by atoms with van der Waals surface area (Å²) in [7, 11) is 0. The summed E-state index contributed by atoms with van der Waals surface area (Å²) in [4.78, 5) is 12.6. The van der Waals surface area contributed by atoms with Gasteiger partial charge in [0, 0.05) is 21.3 Å². The summed E-state index contributed by atoms with van der Waals surface area (Å²) in [6, 6.07) is 18.0. The topological polar surface area (TPSA) is 71.3 Å². The molecule has 0 radical (unpaired) electrons. The summed E-state index contributed by atoms with van der Waals surface area (Å²) < 4.78 is 12.3. The Labute approximate surface area is 217 Å². The first-order chi connectivity index (χ1) is 16.3. The van der Waals surface area contributed by atoms with E-state index in [9.17, 15) is 10.1 Å². The molecule has 5 nitrogen and oxygen atoms in total. The first kappa shape index (κ1) is 25.6. The smallest absolute Gasteiger partial charge is 0.266 e. The van der Waals surface area contributed by atoms with E-state index in [0.29, 0.717) is 49.4 Å². The first-order valence-corrected chi connectivity index (χ1v) is 11.9. The molecule has 8 heteroatoms. The number of hydrogen-bond donors (Lipinski definition) is 1. The van der Waals surface area contributed by atoms with E-state index in [4.69, 9.17) is 32.7 Å². The van der Waals surface area contributed by atoms with Crippen LogP contribution in [0.4, 0.5) is 5.69 Å². The molecule has 0 aliphatic rings. The molecule has 0 aromatic heterocycles. The van der Waals surface area contributed by atoms with Crippen molar-refractivity contribution in [2.24, 2.45) is 0 Å². The third-order valence-electron chi connectivity index (χ3n) is 4.74. The molecule has 3 aromatic carbocycles. The predicted molar refractivity (Wildman–Crippen MR) is 140 cm³/mol. The quantitative estimate of drug-likeness (QED) is 0.228. The second kappa shape index (κ2) is 11.9. The van der Waals surface area contributed by atoms with E-state index in [2.05, 4.69) is 21.2 Å². The molecule has 3 rings (SSSR count). The van der Waals surface area contributed by atoms with Crippen molar-refractivity contribution in [2.75, 3.05) is 11.9 Å². The van der Waals surface area contributed by atoms with Crippen LogP contribution in [0.1, 0.15) is 23.6 Å². The molecule has 174 valence electrons.